The van der Waals surface area contributed by atoms with Crippen LogP contribution in [-0.4, -0.2) is 16.6 Å². The first-order valence-corrected chi connectivity index (χ1v) is 5.98. The molecule has 0 unspecified atom stereocenters. The van der Waals surface area contributed by atoms with Gasteiger partial charge in [-0.25, -0.2) is 4.39 Å². The lowest BCUT2D eigenvalue weighted by Gasteiger charge is -2.18. The van der Waals surface area contributed by atoms with Gasteiger partial charge in [0.15, 0.2) is 5.82 Å². The SMILES string of the molecule is O=[N+]([O-])c1ccc(N[C@@H](CO)c2ccccc2)c(F)c1. The zero-order chi connectivity index (χ0) is 14.5. The van der Waals surface area contributed by atoms with Crippen LogP contribution in [0.25, 0.3) is 0 Å². The molecule has 0 aliphatic carbocycles. The molecular weight excluding hydrogens is 263 g/mol. The molecule has 0 saturated heterocycles. The summed E-state index contributed by atoms with van der Waals surface area (Å²) in [7, 11) is 0. The highest BCUT2D eigenvalue weighted by molar-refractivity contribution is 5.51. The summed E-state index contributed by atoms with van der Waals surface area (Å²) in [4.78, 5) is 9.88. The molecular formula is C14H13FN2O3. The largest absolute Gasteiger partial charge is 0.394 e. The number of anilines is 1. The van der Waals surface area contributed by atoms with Crippen molar-refractivity contribution in [1.82, 2.24) is 0 Å². The van der Waals surface area contributed by atoms with Crippen molar-refractivity contribution < 1.29 is 14.4 Å². The number of rotatable bonds is 5. The highest BCUT2D eigenvalue weighted by Crippen LogP contribution is 2.24. The lowest BCUT2D eigenvalue weighted by molar-refractivity contribution is -0.385. The van der Waals surface area contributed by atoms with Crippen LogP contribution in [0.15, 0.2) is 48.5 Å². The number of non-ortho nitro benzene ring substituents is 1. The van der Waals surface area contributed by atoms with Gasteiger partial charge in [-0.2, -0.15) is 0 Å². The maximum Gasteiger partial charge on any atom is 0.272 e. The van der Waals surface area contributed by atoms with Gasteiger partial charge in [-0.05, 0) is 11.6 Å². The van der Waals surface area contributed by atoms with Crippen molar-refractivity contribution in [3.63, 3.8) is 0 Å². The second-order valence-corrected chi connectivity index (χ2v) is 4.21. The van der Waals surface area contributed by atoms with Crippen LogP contribution in [0.1, 0.15) is 11.6 Å². The molecule has 0 aromatic heterocycles. The van der Waals surface area contributed by atoms with Crippen LogP contribution in [0.3, 0.4) is 0 Å². The van der Waals surface area contributed by atoms with E-state index in [1.807, 2.05) is 18.2 Å². The lowest BCUT2D eigenvalue weighted by atomic mass is 10.1. The van der Waals surface area contributed by atoms with Crippen molar-refractivity contribution in [2.75, 3.05) is 11.9 Å². The maximum absolute atomic E-state index is 13.8. The average molecular weight is 276 g/mol. The molecule has 0 heterocycles. The molecule has 0 aliphatic rings. The summed E-state index contributed by atoms with van der Waals surface area (Å²) in [6, 6.07) is 11.9. The molecule has 0 amide bonds. The van der Waals surface area contributed by atoms with Gasteiger partial charge in [0.1, 0.15) is 0 Å². The van der Waals surface area contributed by atoms with Gasteiger partial charge in [0, 0.05) is 6.07 Å². The van der Waals surface area contributed by atoms with Crippen molar-refractivity contribution in [3.8, 4) is 0 Å². The fourth-order valence-corrected chi connectivity index (χ4v) is 1.84. The van der Waals surface area contributed by atoms with Crippen molar-refractivity contribution >= 4 is 11.4 Å². The molecule has 0 saturated carbocycles. The van der Waals surface area contributed by atoms with Gasteiger partial charge >= 0.3 is 0 Å². The Morgan fingerprint density at radius 3 is 2.50 bits per heavy atom. The first-order chi connectivity index (χ1) is 9.61. The molecule has 1 atom stereocenters. The predicted octanol–water partition coefficient (Wildman–Crippen LogP) is 2.88. The molecule has 0 aliphatic heterocycles. The summed E-state index contributed by atoms with van der Waals surface area (Å²) in [5.41, 5.74) is 0.597. The van der Waals surface area contributed by atoms with Crippen LogP contribution < -0.4 is 5.32 Å². The standard InChI is InChI=1S/C14H13FN2O3/c15-12-8-11(17(19)20)6-7-13(12)16-14(9-18)10-4-2-1-3-5-10/h1-8,14,16,18H,9H2/t14-/m0/s1. The Morgan fingerprint density at radius 2 is 1.95 bits per heavy atom. The number of halogens is 1. The van der Waals surface area contributed by atoms with E-state index in [2.05, 4.69) is 5.32 Å². The number of nitrogens with one attached hydrogen (secondary N) is 1. The van der Waals surface area contributed by atoms with E-state index in [4.69, 9.17) is 0 Å². The van der Waals surface area contributed by atoms with Crippen molar-refractivity contribution in [2.45, 2.75) is 6.04 Å². The van der Waals surface area contributed by atoms with Crippen LogP contribution in [0.5, 0.6) is 0 Å². The Hall–Kier alpha value is -2.47. The van der Waals surface area contributed by atoms with Crippen LogP contribution in [0.2, 0.25) is 0 Å². The predicted molar refractivity (Wildman–Crippen MR) is 72.9 cm³/mol. The number of nitro benzene ring substituents is 1. The Bertz CT molecular complexity index is 605. The number of nitro groups is 1. The smallest absolute Gasteiger partial charge is 0.272 e. The molecule has 0 bridgehead atoms. The van der Waals surface area contributed by atoms with Crippen LogP contribution in [0, 0.1) is 15.9 Å². The third-order valence-electron chi connectivity index (χ3n) is 2.88. The molecule has 2 aromatic rings. The molecule has 6 heteroatoms. The van der Waals surface area contributed by atoms with E-state index in [9.17, 15) is 19.6 Å². The second kappa shape index (κ2) is 6.12. The normalized spacial score (nSPS) is 11.9. The molecule has 0 spiro atoms. The van der Waals surface area contributed by atoms with E-state index in [1.54, 1.807) is 12.1 Å². The summed E-state index contributed by atoms with van der Waals surface area (Å²) in [5, 5.41) is 22.8. The number of aliphatic hydroxyl groups excluding tert-OH is 1. The highest BCUT2D eigenvalue weighted by Gasteiger charge is 2.15. The lowest BCUT2D eigenvalue weighted by Crippen LogP contribution is -2.15. The second-order valence-electron chi connectivity index (χ2n) is 4.21. The van der Waals surface area contributed by atoms with Gasteiger partial charge in [0.2, 0.25) is 0 Å². The molecule has 2 rings (SSSR count). The van der Waals surface area contributed by atoms with Crippen LogP contribution >= 0.6 is 0 Å². The minimum Gasteiger partial charge on any atom is -0.394 e. The number of benzene rings is 2. The average Bonchev–Trinajstić information content (AvgIpc) is 2.46. The van der Waals surface area contributed by atoms with Gasteiger partial charge < -0.3 is 10.4 Å². The molecule has 5 nitrogen and oxygen atoms in total. The third kappa shape index (κ3) is 3.10. The zero-order valence-corrected chi connectivity index (χ0v) is 10.5. The minimum absolute atomic E-state index is 0.110. The maximum atomic E-state index is 13.8. The van der Waals surface area contributed by atoms with Crippen molar-refractivity contribution in [2.24, 2.45) is 0 Å². The zero-order valence-electron chi connectivity index (χ0n) is 10.5. The van der Waals surface area contributed by atoms with Crippen LogP contribution in [-0.2, 0) is 0 Å². The molecule has 20 heavy (non-hydrogen) atoms. The Morgan fingerprint density at radius 1 is 1.25 bits per heavy atom. The summed E-state index contributed by atoms with van der Waals surface area (Å²) < 4.78 is 13.8. The van der Waals surface area contributed by atoms with Crippen molar-refractivity contribution in [3.05, 3.63) is 70.0 Å². The number of aliphatic hydroxyl groups is 1. The van der Waals surface area contributed by atoms with E-state index in [1.165, 1.54) is 12.1 Å². The molecule has 2 N–H and O–H groups in total. The number of hydrogen-bond donors (Lipinski definition) is 2. The van der Waals surface area contributed by atoms with Gasteiger partial charge in [-0.15, -0.1) is 0 Å². The Balaban J connectivity index is 2.22. The van der Waals surface area contributed by atoms with Gasteiger partial charge in [0.25, 0.3) is 5.69 Å². The van der Waals surface area contributed by atoms with E-state index < -0.39 is 16.8 Å². The first kappa shape index (κ1) is 14.0. The van der Waals surface area contributed by atoms with E-state index in [-0.39, 0.29) is 18.0 Å². The molecule has 0 radical (unpaired) electrons. The highest BCUT2D eigenvalue weighted by atomic mass is 19.1. The third-order valence-corrected chi connectivity index (χ3v) is 2.88. The summed E-state index contributed by atoms with van der Waals surface area (Å²) >= 11 is 0. The fraction of sp³-hybridized carbons (Fsp3) is 0.143. The minimum atomic E-state index is -0.728. The molecule has 104 valence electrons. The summed E-state index contributed by atoms with van der Waals surface area (Å²) in [6.45, 7) is -0.222. The quantitative estimate of drug-likeness (QED) is 0.650. The summed E-state index contributed by atoms with van der Waals surface area (Å²) in [5.74, 6) is -0.728. The topological polar surface area (TPSA) is 75.4 Å². The van der Waals surface area contributed by atoms with E-state index in [0.717, 1.165) is 11.6 Å². The van der Waals surface area contributed by atoms with E-state index >= 15 is 0 Å². The molecule has 2 aromatic carbocycles. The van der Waals surface area contributed by atoms with Crippen molar-refractivity contribution in [1.29, 1.82) is 0 Å². The first-order valence-electron chi connectivity index (χ1n) is 5.98. The summed E-state index contributed by atoms with van der Waals surface area (Å²) in [6.07, 6.45) is 0. The van der Waals surface area contributed by atoms with Gasteiger partial charge in [-0.1, -0.05) is 30.3 Å². The number of hydrogen-bond acceptors (Lipinski definition) is 4. The van der Waals surface area contributed by atoms with Gasteiger partial charge in [0.05, 0.1) is 29.3 Å². The monoisotopic (exact) mass is 276 g/mol. The number of nitrogens with zero attached hydrogens (tertiary/aromatic N) is 1. The molecule has 0 fully saturated rings. The van der Waals surface area contributed by atoms with Gasteiger partial charge in [-0.3, -0.25) is 10.1 Å². The fourth-order valence-electron chi connectivity index (χ4n) is 1.84. The Kier molecular flexibility index (Phi) is 4.27. The van der Waals surface area contributed by atoms with E-state index in [0.29, 0.717) is 0 Å². The van der Waals surface area contributed by atoms with Crippen LogP contribution in [0.4, 0.5) is 15.8 Å². The Labute approximate surface area is 114 Å².